The van der Waals surface area contributed by atoms with Crippen LogP contribution in [-0.4, -0.2) is 152 Å². The lowest BCUT2D eigenvalue weighted by atomic mass is 9.95. The van der Waals surface area contributed by atoms with Gasteiger partial charge in [0.05, 0.1) is 12.7 Å². The highest BCUT2D eigenvalue weighted by Gasteiger charge is 2.53. The van der Waals surface area contributed by atoms with E-state index >= 15 is 0 Å². The Balaban J connectivity index is 1.88. The molecule has 11 N–H and O–H groups in total. The Labute approximate surface area is 206 Å². The quantitative estimate of drug-likeness (QED) is 0.147. The summed E-state index contributed by atoms with van der Waals surface area (Å²) in [6.07, 6.45) is -21.3. The molecule has 0 radical (unpaired) electrons. The molecular formula is C20H36N2O14. The fourth-order valence-electron chi connectivity index (χ4n) is 4.42. The zero-order chi connectivity index (χ0) is 26.9. The van der Waals surface area contributed by atoms with E-state index in [0.717, 1.165) is 6.92 Å². The van der Waals surface area contributed by atoms with E-state index < -0.39 is 105 Å². The van der Waals surface area contributed by atoms with Crippen molar-refractivity contribution in [3.8, 4) is 0 Å². The molecule has 0 spiro atoms. The summed E-state index contributed by atoms with van der Waals surface area (Å²) in [5.74, 6) is -0.619. The molecule has 210 valence electrons. The van der Waals surface area contributed by atoms with Gasteiger partial charge in [-0.3, -0.25) is 4.79 Å². The van der Waals surface area contributed by atoms with Crippen LogP contribution in [0.1, 0.15) is 13.8 Å². The predicted octanol–water partition coefficient (Wildman–Crippen LogP) is -6.44. The lowest BCUT2D eigenvalue weighted by Crippen LogP contribution is -2.68. The van der Waals surface area contributed by atoms with Crippen LogP contribution in [0.3, 0.4) is 0 Å². The largest absolute Gasteiger partial charge is 0.394 e. The van der Waals surface area contributed by atoms with Gasteiger partial charge < -0.3 is 75.6 Å². The van der Waals surface area contributed by atoms with Crippen LogP contribution in [-0.2, 0) is 28.5 Å². The highest BCUT2D eigenvalue weighted by molar-refractivity contribution is 5.73. The van der Waals surface area contributed by atoms with Crippen molar-refractivity contribution < 1.29 is 69.3 Å². The number of aliphatic hydroxyl groups is 8. The first-order chi connectivity index (χ1) is 16.9. The molecule has 3 aliphatic rings. The zero-order valence-corrected chi connectivity index (χ0v) is 19.7. The van der Waals surface area contributed by atoms with Crippen molar-refractivity contribution in [3.63, 3.8) is 0 Å². The van der Waals surface area contributed by atoms with Crippen molar-refractivity contribution in [1.82, 2.24) is 5.32 Å². The Morgan fingerprint density at radius 2 is 1.44 bits per heavy atom. The number of ether oxygens (including phenoxy) is 5. The molecule has 16 heteroatoms. The maximum atomic E-state index is 11.7. The van der Waals surface area contributed by atoms with Gasteiger partial charge in [-0.2, -0.15) is 0 Å². The smallest absolute Gasteiger partial charge is 0.217 e. The van der Waals surface area contributed by atoms with E-state index in [-0.39, 0.29) is 6.54 Å². The standard InChI is InChI=1S/C20H36N2O14/c1-5-10(25)14(29)15(30)20(32-5)36-17-16(12(27)7(3-21)33-18(17)31)35-19-9(22-6(2)24)13(28)11(26)8(4-23)34-19/h5,7-20,23,25-31H,3-4,21H2,1-2H3,(H,22,24)/t5-,7+,8+,9+,10+,11-,12-,13+,14+,15-,16-,17+,18+,19+,20-/m0/s1. The number of carbonyl (C=O) groups is 1. The van der Waals surface area contributed by atoms with Crippen LogP contribution in [0, 0.1) is 0 Å². The lowest BCUT2D eigenvalue weighted by molar-refractivity contribution is -0.378. The first-order valence-corrected chi connectivity index (χ1v) is 11.5. The van der Waals surface area contributed by atoms with Crippen LogP contribution in [0.25, 0.3) is 0 Å². The molecule has 0 aromatic heterocycles. The number of amides is 1. The number of rotatable bonds is 7. The molecule has 0 aromatic rings. The number of nitrogens with two attached hydrogens (primary N) is 1. The fourth-order valence-corrected chi connectivity index (χ4v) is 4.42. The SMILES string of the molecule is CC(=O)N[C@H]1[C@@H](O[C@H]2[C@@H](O)[C@@H](CN)O[C@@H](O)[C@@H]2O[C@@H]2O[C@@H](C)[C@@H](O)[C@@H](O)[C@@H]2O)O[C@H](CO)[C@H](O)[C@@H]1O. The minimum atomic E-state index is -1.81. The molecule has 15 atom stereocenters. The molecule has 3 aliphatic heterocycles. The molecule has 0 saturated carbocycles. The third-order valence-electron chi connectivity index (χ3n) is 6.51. The Kier molecular flexibility index (Phi) is 9.97. The van der Waals surface area contributed by atoms with Crippen LogP contribution >= 0.6 is 0 Å². The van der Waals surface area contributed by atoms with Gasteiger partial charge in [-0.05, 0) is 6.92 Å². The number of aliphatic hydroxyl groups excluding tert-OH is 8. The van der Waals surface area contributed by atoms with Crippen molar-refractivity contribution >= 4 is 5.91 Å². The molecule has 3 heterocycles. The number of hydrogen-bond donors (Lipinski definition) is 10. The van der Waals surface area contributed by atoms with Gasteiger partial charge in [0.15, 0.2) is 18.9 Å². The van der Waals surface area contributed by atoms with Crippen molar-refractivity contribution in [1.29, 1.82) is 0 Å². The average molecular weight is 529 g/mol. The molecule has 36 heavy (non-hydrogen) atoms. The summed E-state index contributed by atoms with van der Waals surface area (Å²) in [6.45, 7) is 1.55. The maximum absolute atomic E-state index is 11.7. The van der Waals surface area contributed by atoms with E-state index in [1.807, 2.05) is 0 Å². The minimum Gasteiger partial charge on any atom is -0.394 e. The third-order valence-corrected chi connectivity index (χ3v) is 6.51. The topological polar surface area (TPSA) is 263 Å². The Morgan fingerprint density at radius 1 is 0.806 bits per heavy atom. The van der Waals surface area contributed by atoms with Gasteiger partial charge in [0.25, 0.3) is 0 Å². The summed E-state index contributed by atoms with van der Waals surface area (Å²) >= 11 is 0. The van der Waals surface area contributed by atoms with Gasteiger partial charge in [-0.25, -0.2) is 0 Å². The second-order valence-corrected chi connectivity index (χ2v) is 9.11. The van der Waals surface area contributed by atoms with Crippen molar-refractivity contribution in [2.75, 3.05) is 13.2 Å². The summed E-state index contributed by atoms with van der Waals surface area (Å²) in [5, 5.41) is 84.4. The number of nitrogens with one attached hydrogen (secondary N) is 1. The predicted molar refractivity (Wildman–Crippen MR) is 113 cm³/mol. The van der Waals surface area contributed by atoms with Crippen molar-refractivity contribution in [2.24, 2.45) is 5.73 Å². The second kappa shape index (κ2) is 12.2. The Bertz CT molecular complexity index is 735. The van der Waals surface area contributed by atoms with Crippen LogP contribution in [0.15, 0.2) is 0 Å². The van der Waals surface area contributed by atoms with Crippen LogP contribution in [0.2, 0.25) is 0 Å². The molecule has 0 aromatic carbocycles. The fraction of sp³-hybridized carbons (Fsp3) is 0.950. The maximum Gasteiger partial charge on any atom is 0.217 e. The third kappa shape index (κ3) is 5.97. The molecule has 0 bridgehead atoms. The van der Waals surface area contributed by atoms with Gasteiger partial charge in [0.1, 0.15) is 67.1 Å². The lowest BCUT2D eigenvalue weighted by Gasteiger charge is -2.48. The molecule has 3 fully saturated rings. The molecule has 3 saturated heterocycles. The molecule has 1 amide bonds. The summed E-state index contributed by atoms with van der Waals surface area (Å²) in [6, 6.07) is -1.38. The van der Waals surface area contributed by atoms with E-state index in [1.165, 1.54) is 6.92 Å². The van der Waals surface area contributed by atoms with E-state index in [4.69, 9.17) is 29.4 Å². The summed E-state index contributed by atoms with van der Waals surface area (Å²) in [7, 11) is 0. The zero-order valence-electron chi connectivity index (χ0n) is 19.7. The highest BCUT2D eigenvalue weighted by atomic mass is 16.8. The first kappa shape index (κ1) is 29.5. The summed E-state index contributed by atoms with van der Waals surface area (Å²) in [4.78, 5) is 11.7. The van der Waals surface area contributed by atoms with E-state index in [1.54, 1.807) is 0 Å². The Hall–Kier alpha value is -1.09. The van der Waals surface area contributed by atoms with Crippen LogP contribution in [0.5, 0.6) is 0 Å². The molecule has 0 unspecified atom stereocenters. The molecular weight excluding hydrogens is 492 g/mol. The molecule has 3 rings (SSSR count). The number of carbonyl (C=O) groups excluding carboxylic acids is 1. The highest BCUT2D eigenvalue weighted by Crippen LogP contribution is 2.32. The minimum absolute atomic E-state index is 0.267. The Morgan fingerprint density at radius 3 is 2.03 bits per heavy atom. The summed E-state index contributed by atoms with van der Waals surface area (Å²) < 4.78 is 27.7. The number of hydrogen-bond acceptors (Lipinski definition) is 15. The van der Waals surface area contributed by atoms with Gasteiger partial charge >= 0.3 is 0 Å². The van der Waals surface area contributed by atoms with Crippen LogP contribution in [0.4, 0.5) is 0 Å². The second-order valence-electron chi connectivity index (χ2n) is 9.11. The first-order valence-electron chi connectivity index (χ1n) is 11.5. The monoisotopic (exact) mass is 528 g/mol. The van der Waals surface area contributed by atoms with Crippen LogP contribution < -0.4 is 11.1 Å². The van der Waals surface area contributed by atoms with E-state index in [0.29, 0.717) is 0 Å². The van der Waals surface area contributed by atoms with Gasteiger partial charge in [0.2, 0.25) is 5.91 Å². The van der Waals surface area contributed by atoms with Crippen molar-refractivity contribution in [2.45, 2.75) is 106 Å². The van der Waals surface area contributed by atoms with E-state index in [9.17, 15) is 45.6 Å². The summed E-state index contributed by atoms with van der Waals surface area (Å²) in [5.41, 5.74) is 5.62. The molecule has 16 nitrogen and oxygen atoms in total. The molecule has 0 aliphatic carbocycles. The van der Waals surface area contributed by atoms with Gasteiger partial charge in [0, 0.05) is 13.5 Å². The van der Waals surface area contributed by atoms with Gasteiger partial charge in [-0.1, -0.05) is 0 Å². The average Bonchev–Trinajstić information content (AvgIpc) is 2.84. The van der Waals surface area contributed by atoms with Gasteiger partial charge in [-0.15, -0.1) is 0 Å². The normalized spacial score (nSPS) is 50.0. The van der Waals surface area contributed by atoms with E-state index in [2.05, 4.69) is 5.32 Å². The van der Waals surface area contributed by atoms with Crippen molar-refractivity contribution in [3.05, 3.63) is 0 Å².